The van der Waals surface area contributed by atoms with Gasteiger partial charge in [-0.1, -0.05) is 19.9 Å². The van der Waals surface area contributed by atoms with Crippen molar-refractivity contribution >= 4 is 5.82 Å². The van der Waals surface area contributed by atoms with E-state index in [1.165, 1.54) is 12.0 Å². The van der Waals surface area contributed by atoms with Gasteiger partial charge in [0.2, 0.25) is 0 Å². The second-order valence-electron chi connectivity index (χ2n) is 5.24. The van der Waals surface area contributed by atoms with E-state index in [2.05, 4.69) is 41.2 Å². The first-order valence-electron chi connectivity index (χ1n) is 6.55. The predicted octanol–water partition coefficient (Wildman–Crippen LogP) is 2.28. The molecule has 1 aromatic rings. The molecule has 2 unspecified atom stereocenters. The van der Waals surface area contributed by atoms with Crippen LogP contribution in [0, 0.1) is 11.8 Å². The Morgan fingerprint density at radius 1 is 1.35 bits per heavy atom. The molecule has 0 aromatic carbocycles. The number of piperidine rings is 1. The molecule has 3 heteroatoms. The van der Waals surface area contributed by atoms with Crippen LogP contribution in [0.4, 0.5) is 5.82 Å². The zero-order valence-corrected chi connectivity index (χ0v) is 11.1. The normalized spacial score (nSPS) is 25.0. The van der Waals surface area contributed by atoms with E-state index in [1.807, 2.05) is 13.2 Å². The highest BCUT2D eigenvalue weighted by Crippen LogP contribution is 2.25. The molecule has 0 spiro atoms. The summed E-state index contributed by atoms with van der Waals surface area (Å²) in [5.41, 5.74) is 1.25. The Balaban J connectivity index is 2.02. The molecule has 1 fully saturated rings. The van der Waals surface area contributed by atoms with Gasteiger partial charge in [0.05, 0.1) is 0 Å². The molecule has 3 nitrogen and oxygen atoms in total. The Hall–Kier alpha value is -1.09. The van der Waals surface area contributed by atoms with Crippen molar-refractivity contribution in [1.82, 2.24) is 10.3 Å². The van der Waals surface area contributed by atoms with E-state index in [0.29, 0.717) is 0 Å². The van der Waals surface area contributed by atoms with E-state index < -0.39 is 0 Å². The number of hydrogen-bond acceptors (Lipinski definition) is 3. The lowest BCUT2D eigenvalue weighted by Gasteiger charge is -2.36. The van der Waals surface area contributed by atoms with E-state index in [1.54, 1.807) is 0 Å². The third-order valence-electron chi connectivity index (χ3n) is 3.85. The number of nitrogens with one attached hydrogen (secondary N) is 1. The first kappa shape index (κ1) is 12.4. The SMILES string of the molecule is CNCc1ccc(N2CCC(C)C(C)C2)nc1. The summed E-state index contributed by atoms with van der Waals surface area (Å²) in [6.07, 6.45) is 3.26. The topological polar surface area (TPSA) is 28.2 Å². The minimum absolute atomic E-state index is 0.766. The Morgan fingerprint density at radius 2 is 2.18 bits per heavy atom. The van der Waals surface area contributed by atoms with Crippen molar-refractivity contribution < 1.29 is 0 Å². The average Bonchev–Trinajstić information content (AvgIpc) is 2.34. The van der Waals surface area contributed by atoms with E-state index in [9.17, 15) is 0 Å². The summed E-state index contributed by atoms with van der Waals surface area (Å²) in [4.78, 5) is 6.98. The molecule has 1 saturated heterocycles. The van der Waals surface area contributed by atoms with Crippen LogP contribution in [0.5, 0.6) is 0 Å². The van der Waals surface area contributed by atoms with Crippen LogP contribution in [0.3, 0.4) is 0 Å². The summed E-state index contributed by atoms with van der Waals surface area (Å²) in [5, 5.41) is 3.14. The van der Waals surface area contributed by atoms with Crippen molar-refractivity contribution in [1.29, 1.82) is 0 Å². The summed E-state index contributed by atoms with van der Waals surface area (Å²) >= 11 is 0. The summed E-state index contributed by atoms with van der Waals surface area (Å²) < 4.78 is 0. The molecular weight excluding hydrogens is 210 g/mol. The van der Waals surface area contributed by atoms with Crippen molar-refractivity contribution in [2.45, 2.75) is 26.8 Å². The molecule has 0 bridgehead atoms. The van der Waals surface area contributed by atoms with Crippen LogP contribution in [-0.4, -0.2) is 25.1 Å². The van der Waals surface area contributed by atoms with Gasteiger partial charge in [0.15, 0.2) is 0 Å². The zero-order valence-electron chi connectivity index (χ0n) is 11.1. The van der Waals surface area contributed by atoms with Gasteiger partial charge in [-0.25, -0.2) is 4.98 Å². The Kier molecular flexibility index (Phi) is 4.00. The maximum Gasteiger partial charge on any atom is 0.128 e. The Labute approximate surface area is 104 Å². The monoisotopic (exact) mass is 233 g/mol. The fourth-order valence-electron chi connectivity index (χ4n) is 2.38. The molecule has 1 aliphatic heterocycles. The van der Waals surface area contributed by atoms with Crippen molar-refractivity contribution in [3.8, 4) is 0 Å². The van der Waals surface area contributed by atoms with Gasteiger partial charge in [-0.15, -0.1) is 0 Å². The number of anilines is 1. The van der Waals surface area contributed by atoms with Crippen LogP contribution in [0.2, 0.25) is 0 Å². The van der Waals surface area contributed by atoms with Crippen LogP contribution in [0.15, 0.2) is 18.3 Å². The molecule has 2 heterocycles. The Bertz CT molecular complexity index is 347. The van der Waals surface area contributed by atoms with Crippen LogP contribution in [0.1, 0.15) is 25.8 Å². The third-order valence-corrected chi connectivity index (χ3v) is 3.85. The number of hydrogen-bond donors (Lipinski definition) is 1. The summed E-state index contributed by atoms with van der Waals surface area (Å²) in [5.74, 6) is 2.74. The van der Waals surface area contributed by atoms with E-state index in [4.69, 9.17) is 0 Å². The lowest BCUT2D eigenvalue weighted by molar-refractivity contribution is 0.323. The molecule has 94 valence electrons. The van der Waals surface area contributed by atoms with Gasteiger partial charge in [-0.05, 0) is 36.9 Å². The quantitative estimate of drug-likeness (QED) is 0.868. The third kappa shape index (κ3) is 2.97. The first-order chi connectivity index (χ1) is 8.20. The summed E-state index contributed by atoms with van der Waals surface area (Å²) in [6.45, 7) is 7.86. The highest BCUT2D eigenvalue weighted by atomic mass is 15.2. The summed E-state index contributed by atoms with van der Waals surface area (Å²) in [7, 11) is 1.96. The molecule has 0 radical (unpaired) electrons. The number of nitrogens with zero attached hydrogens (tertiary/aromatic N) is 2. The largest absolute Gasteiger partial charge is 0.356 e. The lowest BCUT2D eigenvalue weighted by atomic mass is 9.89. The molecular formula is C14H23N3. The number of pyridine rings is 1. The number of aromatic nitrogens is 1. The van der Waals surface area contributed by atoms with E-state index >= 15 is 0 Å². The van der Waals surface area contributed by atoms with Crippen LogP contribution in [0.25, 0.3) is 0 Å². The molecule has 1 aliphatic rings. The fourth-order valence-corrected chi connectivity index (χ4v) is 2.38. The van der Waals surface area contributed by atoms with Gasteiger partial charge < -0.3 is 10.2 Å². The fraction of sp³-hybridized carbons (Fsp3) is 0.643. The van der Waals surface area contributed by atoms with Crippen molar-refractivity contribution in [2.75, 3.05) is 25.0 Å². The van der Waals surface area contributed by atoms with Crippen LogP contribution in [-0.2, 0) is 6.54 Å². The molecule has 1 N–H and O–H groups in total. The standard InChI is InChI=1S/C14H23N3/c1-11-6-7-17(10-12(11)2)14-5-4-13(8-15-3)9-16-14/h4-5,9,11-12,15H,6-8,10H2,1-3H3. The minimum atomic E-state index is 0.766. The maximum atomic E-state index is 4.57. The van der Waals surface area contributed by atoms with Gasteiger partial charge in [-0.2, -0.15) is 0 Å². The number of rotatable bonds is 3. The lowest BCUT2D eigenvalue weighted by Crippen LogP contribution is -2.38. The van der Waals surface area contributed by atoms with Crippen molar-refractivity contribution in [3.05, 3.63) is 23.9 Å². The van der Waals surface area contributed by atoms with Gasteiger partial charge in [0.1, 0.15) is 5.82 Å². The van der Waals surface area contributed by atoms with Gasteiger partial charge >= 0.3 is 0 Å². The summed E-state index contributed by atoms with van der Waals surface area (Å²) in [6, 6.07) is 4.32. The van der Waals surface area contributed by atoms with E-state index in [-0.39, 0.29) is 0 Å². The minimum Gasteiger partial charge on any atom is -0.356 e. The smallest absolute Gasteiger partial charge is 0.128 e. The van der Waals surface area contributed by atoms with Crippen LogP contribution >= 0.6 is 0 Å². The van der Waals surface area contributed by atoms with Gasteiger partial charge in [0.25, 0.3) is 0 Å². The first-order valence-corrected chi connectivity index (χ1v) is 6.55. The second-order valence-corrected chi connectivity index (χ2v) is 5.24. The highest BCUT2D eigenvalue weighted by molar-refractivity contribution is 5.39. The van der Waals surface area contributed by atoms with Crippen LogP contribution < -0.4 is 10.2 Å². The van der Waals surface area contributed by atoms with Crippen molar-refractivity contribution in [2.24, 2.45) is 11.8 Å². The Morgan fingerprint density at radius 3 is 2.76 bits per heavy atom. The highest BCUT2D eigenvalue weighted by Gasteiger charge is 2.23. The molecule has 1 aromatic heterocycles. The van der Waals surface area contributed by atoms with Gasteiger partial charge in [0, 0.05) is 25.8 Å². The average molecular weight is 233 g/mol. The zero-order chi connectivity index (χ0) is 12.3. The predicted molar refractivity (Wildman–Crippen MR) is 72.2 cm³/mol. The van der Waals surface area contributed by atoms with Gasteiger partial charge in [-0.3, -0.25) is 0 Å². The molecule has 0 aliphatic carbocycles. The molecule has 0 amide bonds. The van der Waals surface area contributed by atoms with Crippen molar-refractivity contribution in [3.63, 3.8) is 0 Å². The molecule has 0 saturated carbocycles. The molecule has 2 rings (SSSR count). The molecule has 17 heavy (non-hydrogen) atoms. The second kappa shape index (κ2) is 5.50. The van der Waals surface area contributed by atoms with E-state index in [0.717, 1.165) is 37.3 Å². The molecule has 2 atom stereocenters. The maximum absolute atomic E-state index is 4.57.